The van der Waals surface area contributed by atoms with Crippen molar-refractivity contribution in [2.75, 3.05) is 6.54 Å². The maximum absolute atomic E-state index is 11.7. The van der Waals surface area contributed by atoms with Crippen molar-refractivity contribution in [2.24, 2.45) is 0 Å². The van der Waals surface area contributed by atoms with Crippen molar-refractivity contribution in [3.63, 3.8) is 0 Å². The number of halogens is 1. The molecule has 0 saturated heterocycles. The molecule has 0 saturated carbocycles. The molecule has 18 heavy (non-hydrogen) atoms. The zero-order chi connectivity index (χ0) is 13.5. The van der Waals surface area contributed by atoms with Crippen LogP contribution in [0, 0.1) is 0 Å². The Balaban J connectivity index is 2.39. The highest BCUT2D eigenvalue weighted by Gasteiger charge is 2.14. The molecule has 0 aliphatic carbocycles. The van der Waals surface area contributed by atoms with E-state index in [-0.39, 0.29) is 24.1 Å². The van der Waals surface area contributed by atoms with Crippen LogP contribution in [0.5, 0.6) is 0 Å². The number of rotatable bonds is 6. The fourth-order valence-corrected chi connectivity index (χ4v) is 2.36. The Morgan fingerprint density at radius 1 is 1.39 bits per heavy atom. The molecule has 1 atom stereocenters. The summed E-state index contributed by atoms with van der Waals surface area (Å²) in [5.41, 5.74) is 0. The van der Waals surface area contributed by atoms with E-state index in [1.165, 1.54) is 11.8 Å². The third-order valence-corrected chi connectivity index (χ3v) is 3.77. The van der Waals surface area contributed by atoms with E-state index in [1.54, 1.807) is 6.92 Å². The molecule has 0 aliphatic rings. The highest BCUT2D eigenvalue weighted by Crippen LogP contribution is 2.24. The topological polar surface area (TPSA) is 66.4 Å². The van der Waals surface area contributed by atoms with Gasteiger partial charge < -0.3 is 10.4 Å². The predicted molar refractivity (Wildman–Crippen MR) is 74.7 cm³/mol. The minimum atomic E-state index is -0.913. The molecule has 0 fully saturated rings. The van der Waals surface area contributed by atoms with Crippen molar-refractivity contribution in [2.45, 2.75) is 23.5 Å². The van der Waals surface area contributed by atoms with E-state index < -0.39 is 5.97 Å². The summed E-state index contributed by atoms with van der Waals surface area (Å²) in [6, 6.07) is 7.68. The van der Waals surface area contributed by atoms with Crippen molar-refractivity contribution < 1.29 is 14.7 Å². The number of carboxylic acid groups (broad SMARTS) is 1. The van der Waals surface area contributed by atoms with Crippen LogP contribution < -0.4 is 5.32 Å². The second-order valence-corrected chi connectivity index (χ2v) is 5.98. The number of aliphatic carboxylic acids is 1. The summed E-state index contributed by atoms with van der Waals surface area (Å²) < 4.78 is 0.991. The van der Waals surface area contributed by atoms with Crippen LogP contribution in [0.2, 0.25) is 0 Å². The van der Waals surface area contributed by atoms with Crippen LogP contribution in [0.3, 0.4) is 0 Å². The molecule has 0 heterocycles. The third kappa shape index (κ3) is 5.55. The largest absolute Gasteiger partial charge is 0.481 e. The van der Waals surface area contributed by atoms with Crippen molar-refractivity contribution in [1.82, 2.24) is 5.32 Å². The summed E-state index contributed by atoms with van der Waals surface area (Å²) in [5.74, 6) is -1.06. The molecule has 0 radical (unpaired) electrons. The summed E-state index contributed by atoms with van der Waals surface area (Å²) in [5, 5.41) is 10.8. The molecule has 1 amide bonds. The summed E-state index contributed by atoms with van der Waals surface area (Å²) in [6.45, 7) is 1.96. The minimum absolute atomic E-state index is 0.0542. The molecule has 0 aromatic heterocycles. The zero-order valence-corrected chi connectivity index (χ0v) is 12.3. The standard InChI is InChI=1S/C12H14BrNO3S/c1-8(12(17)14-7-6-11(15)16)18-10-4-2-9(13)3-5-10/h2-5,8H,6-7H2,1H3,(H,14,17)(H,15,16). The molecule has 0 spiro atoms. The Morgan fingerprint density at radius 3 is 2.56 bits per heavy atom. The summed E-state index contributed by atoms with van der Waals surface area (Å²) in [7, 11) is 0. The van der Waals surface area contributed by atoms with Gasteiger partial charge in [0.1, 0.15) is 0 Å². The number of nitrogens with one attached hydrogen (secondary N) is 1. The van der Waals surface area contributed by atoms with Crippen LogP contribution in [0.15, 0.2) is 33.6 Å². The first kappa shape index (κ1) is 15.0. The molecule has 2 N–H and O–H groups in total. The van der Waals surface area contributed by atoms with Crippen LogP contribution in [0.1, 0.15) is 13.3 Å². The van der Waals surface area contributed by atoms with Gasteiger partial charge in [-0.15, -0.1) is 11.8 Å². The molecule has 4 nitrogen and oxygen atoms in total. The highest BCUT2D eigenvalue weighted by atomic mass is 79.9. The number of carboxylic acids is 1. The lowest BCUT2D eigenvalue weighted by molar-refractivity contribution is -0.136. The number of carbonyl (C=O) groups excluding carboxylic acids is 1. The van der Waals surface area contributed by atoms with Crippen LogP contribution in [-0.2, 0) is 9.59 Å². The molecule has 1 unspecified atom stereocenters. The average molecular weight is 332 g/mol. The second kappa shape index (κ2) is 7.43. The van der Waals surface area contributed by atoms with E-state index in [4.69, 9.17) is 5.11 Å². The van der Waals surface area contributed by atoms with Gasteiger partial charge in [-0.05, 0) is 31.2 Å². The first-order valence-electron chi connectivity index (χ1n) is 5.41. The fraction of sp³-hybridized carbons (Fsp3) is 0.333. The Bertz CT molecular complexity index is 422. The number of thioether (sulfide) groups is 1. The molecule has 0 bridgehead atoms. The molecular formula is C12H14BrNO3S. The number of carbonyl (C=O) groups is 2. The monoisotopic (exact) mass is 331 g/mol. The Hall–Kier alpha value is -1.01. The average Bonchev–Trinajstić information content (AvgIpc) is 2.31. The van der Waals surface area contributed by atoms with Crippen LogP contribution in [0.4, 0.5) is 0 Å². The van der Waals surface area contributed by atoms with Gasteiger partial charge in [0.05, 0.1) is 11.7 Å². The molecular weight excluding hydrogens is 318 g/mol. The lowest BCUT2D eigenvalue weighted by atomic mass is 10.4. The van der Waals surface area contributed by atoms with Gasteiger partial charge in [-0.25, -0.2) is 0 Å². The van der Waals surface area contributed by atoms with Crippen LogP contribution >= 0.6 is 27.7 Å². The van der Waals surface area contributed by atoms with Crippen LogP contribution in [0.25, 0.3) is 0 Å². The van der Waals surface area contributed by atoms with E-state index in [0.717, 1.165) is 9.37 Å². The first-order valence-corrected chi connectivity index (χ1v) is 7.08. The van der Waals surface area contributed by atoms with Gasteiger partial charge in [0.25, 0.3) is 0 Å². The summed E-state index contributed by atoms with van der Waals surface area (Å²) in [4.78, 5) is 23.0. The van der Waals surface area contributed by atoms with E-state index in [1.807, 2.05) is 24.3 Å². The lowest BCUT2D eigenvalue weighted by Crippen LogP contribution is -2.32. The molecule has 6 heteroatoms. The van der Waals surface area contributed by atoms with E-state index in [2.05, 4.69) is 21.2 Å². The second-order valence-electron chi connectivity index (χ2n) is 3.65. The minimum Gasteiger partial charge on any atom is -0.481 e. The zero-order valence-electron chi connectivity index (χ0n) is 9.85. The number of benzene rings is 1. The van der Waals surface area contributed by atoms with E-state index in [0.29, 0.717) is 0 Å². The van der Waals surface area contributed by atoms with Gasteiger partial charge in [-0.2, -0.15) is 0 Å². The Labute approximate surface area is 118 Å². The molecule has 1 aromatic rings. The predicted octanol–water partition coefficient (Wildman–Crippen LogP) is 2.52. The van der Waals surface area contributed by atoms with Crippen LogP contribution in [-0.4, -0.2) is 28.8 Å². The smallest absolute Gasteiger partial charge is 0.305 e. The van der Waals surface area contributed by atoms with Gasteiger partial charge in [-0.1, -0.05) is 15.9 Å². The maximum atomic E-state index is 11.7. The quantitative estimate of drug-likeness (QED) is 0.786. The molecule has 1 aromatic carbocycles. The van der Waals surface area contributed by atoms with E-state index >= 15 is 0 Å². The normalized spacial score (nSPS) is 11.9. The summed E-state index contributed by atoms with van der Waals surface area (Å²) >= 11 is 4.78. The fourth-order valence-electron chi connectivity index (χ4n) is 1.21. The number of hydrogen-bond acceptors (Lipinski definition) is 3. The number of amides is 1. The Kier molecular flexibility index (Phi) is 6.21. The van der Waals surface area contributed by atoms with Crippen molar-refractivity contribution >= 4 is 39.6 Å². The lowest BCUT2D eigenvalue weighted by Gasteiger charge is -2.11. The third-order valence-electron chi connectivity index (χ3n) is 2.13. The van der Waals surface area contributed by atoms with Gasteiger partial charge in [0.15, 0.2) is 0 Å². The molecule has 1 rings (SSSR count). The first-order chi connectivity index (χ1) is 8.49. The summed E-state index contributed by atoms with van der Waals surface area (Å²) in [6.07, 6.45) is -0.0542. The molecule has 98 valence electrons. The maximum Gasteiger partial charge on any atom is 0.305 e. The SMILES string of the molecule is CC(Sc1ccc(Br)cc1)C(=O)NCCC(=O)O. The van der Waals surface area contributed by atoms with Crippen molar-refractivity contribution in [3.05, 3.63) is 28.7 Å². The molecule has 0 aliphatic heterocycles. The van der Waals surface area contributed by atoms with E-state index in [9.17, 15) is 9.59 Å². The van der Waals surface area contributed by atoms with Crippen molar-refractivity contribution in [3.8, 4) is 0 Å². The highest BCUT2D eigenvalue weighted by molar-refractivity contribution is 9.10. The van der Waals surface area contributed by atoms with Gasteiger partial charge in [0, 0.05) is 15.9 Å². The Morgan fingerprint density at radius 2 is 2.00 bits per heavy atom. The van der Waals surface area contributed by atoms with Gasteiger partial charge >= 0.3 is 5.97 Å². The van der Waals surface area contributed by atoms with Gasteiger partial charge in [0.2, 0.25) is 5.91 Å². The van der Waals surface area contributed by atoms with Crippen molar-refractivity contribution in [1.29, 1.82) is 0 Å². The number of hydrogen-bond donors (Lipinski definition) is 2. The van der Waals surface area contributed by atoms with Gasteiger partial charge in [-0.3, -0.25) is 9.59 Å².